The molecular weight excluding hydrogens is 224 g/mol. The number of aromatic amines is 1. The molecule has 2 aromatic rings. The van der Waals surface area contributed by atoms with Crippen molar-refractivity contribution in [1.29, 1.82) is 0 Å². The molecule has 96 valence electrons. The predicted molar refractivity (Wildman–Crippen MR) is 73.9 cm³/mol. The second-order valence-corrected chi connectivity index (χ2v) is 5.46. The third-order valence-corrected chi connectivity index (χ3v) is 3.46. The minimum absolute atomic E-state index is 0.190. The first-order valence-electron chi connectivity index (χ1n) is 6.71. The van der Waals surface area contributed by atoms with Crippen molar-refractivity contribution in [1.82, 2.24) is 4.98 Å². The van der Waals surface area contributed by atoms with E-state index in [-0.39, 0.29) is 6.04 Å². The molecule has 1 aliphatic rings. The molecule has 1 heterocycles. The van der Waals surface area contributed by atoms with E-state index in [0.717, 1.165) is 30.2 Å². The summed E-state index contributed by atoms with van der Waals surface area (Å²) in [5.41, 5.74) is 8.28. The minimum Gasteiger partial charge on any atom is -0.493 e. The van der Waals surface area contributed by atoms with Gasteiger partial charge in [0.05, 0.1) is 6.61 Å². The molecule has 0 amide bonds. The Kier molecular flexibility index (Phi) is 3.00. The summed E-state index contributed by atoms with van der Waals surface area (Å²) in [6, 6.07) is 6.46. The summed E-state index contributed by atoms with van der Waals surface area (Å²) >= 11 is 0. The smallest absolute Gasteiger partial charge is 0.121 e. The van der Waals surface area contributed by atoms with E-state index in [4.69, 9.17) is 10.5 Å². The molecule has 0 radical (unpaired) electrons. The molecule has 0 spiro atoms. The molecule has 3 heteroatoms. The molecule has 0 aliphatic heterocycles. The van der Waals surface area contributed by atoms with Crippen molar-refractivity contribution in [3.05, 3.63) is 30.0 Å². The van der Waals surface area contributed by atoms with Crippen molar-refractivity contribution < 1.29 is 4.74 Å². The number of H-pyrrole nitrogens is 1. The summed E-state index contributed by atoms with van der Waals surface area (Å²) in [5.74, 6) is 1.75. The molecule has 1 aliphatic carbocycles. The van der Waals surface area contributed by atoms with E-state index in [1.54, 1.807) is 0 Å². The zero-order valence-corrected chi connectivity index (χ0v) is 10.8. The molecule has 3 nitrogen and oxygen atoms in total. The molecule has 1 aromatic carbocycles. The van der Waals surface area contributed by atoms with Crippen LogP contribution in [-0.2, 0) is 6.42 Å². The second kappa shape index (κ2) is 4.65. The van der Waals surface area contributed by atoms with Gasteiger partial charge in [-0.1, -0.05) is 0 Å². The van der Waals surface area contributed by atoms with Crippen LogP contribution in [0.1, 0.15) is 25.3 Å². The summed E-state index contributed by atoms with van der Waals surface area (Å²) in [6.45, 7) is 2.89. The van der Waals surface area contributed by atoms with Crippen LogP contribution in [0, 0.1) is 5.92 Å². The molecule has 3 rings (SSSR count). The van der Waals surface area contributed by atoms with Crippen molar-refractivity contribution >= 4 is 10.9 Å². The molecule has 1 atom stereocenters. The quantitative estimate of drug-likeness (QED) is 0.849. The summed E-state index contributed by atoms with van der Waals surface area (Å²) in [4.78, 5) is 3.30. The molecule has 1 aromatic heterocycles. The first-order valence-corrected chi connectivity index (χ1v) is 6.71. The average Bonchev–Trinajstić information content (AvgIpc) is 3.09. The maximum atomic E-state index is 5.85. The Morgan fingerprint density at radius 3 is 3.00 bits per heavy atom. The summed E-state index contributed by atoms with van der Waals surface area (Å²) in [5, 5.41) is 1.26. The monoisotopic (exact) mass is 244 g/mol. The molecule has 1 fully saturated rings. The zero-order chi connectivity index (χ0) is 12.5. The molecule has 0 unspecified atom stereocenters. The van der Waals surface area contributed by atoms with E-state index < -0.39 is 0 Å². The third kappa shape index (κ3) is 2.51. The van der Waals surface area contributed by atoms with Crippen LogP contribution in [-0.4, -0.2) is 17.6 Å². The molecule has 3 N–H and O–H groups in total. The van der Waals surface area contributed by atoms with E-state index >= 15 is 0 Å². The van der Waals surface area contributed by atoms with Crippen LogP contribution in [0.5, 0.6) is 5.75 Å². The Morgan fingerprint density at radius 1 is 1.44 bits per heavy atom. The Hall–Kier alpha value is -1.48. The molecular formula is C15H20N2O. The number of hydrogen-bond donors (Lipinski definition) is 2. The van der Waals surface area contributed by atoms with E-state index in [0.29, 0.717) is 0 Å². The fourth-order valence-electron chi connectivity index (χ4n) is 2.27. The molecule has 0 bridgehead atoms. The fourth-order valence-corrected chi connectivity index (χ4v) is 2.27. The Morgan fingerprint density at radius 2 is 2.28 bits per heavy atom. The van der Waals surface area contributed by atoms with Crippen molar-refractivity contribution in [2.24, 2.45) is 11.7 Å². The Labute approximate surface area is 107 Å². The highest BCUT2D eigenvalue weighted by Crippen LogP contribution is 2.30. The largest absolute Gasteiger partial charge is 0.493 e. The van der Waals surface area contributed by atoms with Crippen LogP contribution in [0.3, 0.4) is 0 Å². The van der Waals surface area contributed by atoms with Gasteiger partial charge in [-0.15, -0.1) is 0 Å². The van der Waals surface area contributed by atoms with Crippen LogP contribution in [0.25, 0.3) is 10.9 Å². The van der Waals surface area contributed by atoms with Crippen molar-refractivity contribution in [2.75, 3.05) is 6.61 Å². The second-order valence-electron chi connectivity index (χ2n) is 5.46. The standard InChI is InChI=1S/C15H20N2O/c1-10(16)6-12-8-17-15-7-13(4-5-14(12)15)18-9-11-2-3-11/h4-5,7-8,10-11,17H,2-3,6,9,16H2,1H3/t10-/m1/s1. The SMILES string of the molecule is C[C@@H](N)Cc1c[nH]c2cc(OCC3CC3)ccc12. The van der Waals surface area contributed by atoms with Crippen molar-refractivity contribution in [2.45, 2.75) is 32.2 Å². The van der Waals surface area contributed by atoms with Gasteiger partial charge in [-0.05, 0) is 49.8 Å². The van der Waals surface area contributed by atoms with Crippen LogP contribution in [0.2, 0.25) is 0 Å². The van der Waals surface area contributed by atoms with Gasteiger partial charge < -0.3 is 15.5 Å². The average molecular weight is 244 g/mol. The third-order valence-electron chi connectivity index (χ3n) is 3.46. The first-order chi connectivity index (χ1) is 8.72. The number of nitrogens with one attached hydrogen (secondary N) is 1. The van der Waals surface area contributed by atoms with Crippen LogP contribution in [0.4, 0.5) is 0 Å². The molecule has 1 saturated carbocycles. The maximum Gasteiger partial charge on any atom is 0.121 e. The summed E-state index contributed by atoms with van der Waals surface area (Å²) < 4.78 is 5.78. The van der Waals surface area contributed by atoms with Gasteiger partial charge in [-0.2, -0.15) is 0 Å². The number of rotatable bonds is 5. The normalized spacial score (nSPS) is 17.0. The van der Waals surface area contributed by atoms with Crippen molar-refractivity contribution in [3.8, 4) is 5.75 Å². The van der Waals surface area contributed by atoms with Crippen LogP contribution < -0.4 is 10.5 Å². The Bertz CT molecular complexity index is 540. The number of benzene rings is 1. The lowest BCUT2D eigenvalue weighted by molar-refractivity contribution is 0.300. The van der Waals surface area contributed by atoms with Crippen LogP contribution >= 0.6 is 0 Å². The van der Waals surface area contributed by atoms with E-state index in [1.165, 1.54) is 23.8 Å². The predicted octanol–water partition coefficient (Wildman–Crippen LogP) is 2.85. The van der Waals surface area contributed by atoms with Gasteiger partial charge in [0.2, 0.25) is 0 Å². The molecule has 18 heavy (non-hydrogen) atoms. The lowest BCUT2D eigenvalue weighted by atomic mass is 10.1. The van der Waals surface area contributed by atoms with E-state index in [1.807, 2.05) is 6.92 Å². The van der Waals surface area contributed by atoms with Gasteiger partial charge >= 0.3 is 0 Å². The van der Waals surface area contributed by atoms with Gasteiger partial charge in [0.15, 0.2) is 0 Å². The number of fused-ring (bicyclic) bond motifs is 1. The van der Waals surface area contributed by atoms with Crippen LogP contribution in [0.15, 0.2) is 24.4 Å². The molecule has 0 saturated heterocycles. The van der Waals surface area contributed by atoms with Gasteiger partial charge in [0.25, 0.3) is 0 Å². The van der Waals surface area contributed by atoms with Gasteiger partial charge in [-0.3, -0.25) is 0 Å². The lowest BCUT2D eigenvalue weighted by Gasteiger charge is -2.06. The van der Waals surface area contributed by atoms with Gasteiger partial charge in [-0.25, -0.2) is 0 Å². The highest BCUT2D eigenvalue weighted by atomic mass is 16.5. The number of ether oxygens (including phenoxy) is 1. The summed E-state index contributed by atoms with van der Waals surface area (Å²) in [7, 11) is 0. The van der Waals surface area contributed by atoms with Crippen molar-refractivity contribution in [3.63, 3.8) is 0 Å². The summed E-state index contributed by atoms with van der Waals surface area (Å²) in [6.07, 6.45) is 5.60. The maximum absolute atomic E-state index is 5.85. The zero-order valence-electron chi connectivity index (χ0n) is 10.8. The highest BCUT2D eigenvalue weighted by molar-refractivity contribution is 5.84. The number of hydrogen-bond acceptors (Lipinski definition) is 2. The number of aromatic nitrogens is 1. The topological polar surface area (TPSA) is 51.0 Å². The highest BCUT2D eigenvalue weighted by Gasteiger charge is 2.21. The first kappa shape index (κ1) is 11.6. The lowest BCUT2D eigenvalue weighted by Crippen LogP contribution is -2.17. The van der Waals surface area contributed by atoms with E-state index in [9.17, 15) is 0 Å². The van der Waals surface area contributed by atoms with E-state index in [2.05, 4.69) is 29.4 Å². The fraction of sp³-hybridized carbons (Fsp3) is 0.467. The Balaban J connectivity index is 1.79. The van der Waals surface area contributed by atoms with Gasteiger partial charge in [0.1, 0.15) is 5.75 Å². The minimum atomic E-state index is 0.190. The van der Waals surface area contributed by atoms with Gasteiger partial charge in [0, 0.05) is 29.2 Å². The number of nitrogens with two attached hydrogens (primary N) is 1.